The van der Waals surface area contributed by atoms with E-state index in [1.165, 1.54) is 0 Å². The number of aliphatic hydroxyl groups is 1. The predicted molar refractivity (Wildman–Crippen MR) is 106 cm³/mol. The van der Waals surface area contributed by atoms with Crippen LogP contribution in [0.2, 0.25) is 13.1 Å². The van der Waals surface area contributed by atoms with Gasteiger partial charge in [0.1, 0.15) is 0 Å². The van der Waals surface area contributed by atoms with Crippen molar-refractivity contribution in [2.24, 2.45) is 0 Å². The molecule has 1 aliphatic rings. The van der Waals surface area contributed by atoms with E-state index in [4.69, 9.17) is 10.8 Å². The molecule has 1 radical (unpaired) electrons. The van der Waals surface area contributed by atoms with Crippen LogP contribution in [0.5, 0.6) is 0 Å². The molecule has 0 heterocycles. The van der Waals surface area contributed by atoms with Gasteiger partial charge in [-0.25, -0.2) is 12.2 Å². The first-order valence-electron chi connectivity index (χ1n) is 5.79. The van der Waals surface area contributed by atoms with Crippen LogP contribution < -0.4 is 0 Å². The van der Waals surface area contributed by atoms with Gasteiger partial charge in [0.15, 0.2) is 0 Å². The van der Waals surface area contributed by atoms with Crippen molar-refractivity contribution >= 4 is 41.2 Å². The minimum absolute atomic E-state index is 0. The van der Waals surface area contributed by atoms with Gasteiger partial charge in [-0.2, -0.15) is 6.08 Å². The zero-order chi connectivity index (χ0) is 15.4. The van der Waals surface area contributed by atoms with Gasteiger partial charge in [0, 0.05) is 9.52 Å². The molecule has 0 bridgehead atoms. The summed E-state index contributed by atoms with van der Waals surface area (Å²) >= 11 is 1.58. The molecule has 0 aromatic heterocycles. The maximum atomic E-state index is 7.46. The van der Waals surface area contributed by atoms with Gasteiger partial charge in [0.2, 0.25) is 0 Å². The summed E-state index contributed by atoms with van der Waals surface area (Å²) in [5.41, 5.74) is 6.69. The normalized spacial score (nSPS) is 8.90. The average molecular weight is 451 g/mol. The van der Waals surface area contributed by atoms with Crippen LogP contribution in [0.3, 0.4) is 0 Å². The van der Waals surface area contributed by atoms with Gasteiger partial charge in [-0.1, -0.05) is 40.5 Å². The summed E-state index contributed by atoms with van der Waals surface area (Å²) in [7, 11) is 0.750. The Bertz CT molecular complexity index is 172. The van der Waals surface area contributed by atoms with Crippen molar-refractivity contribution in [3.05, 3.63) is 44.4 Å². The monoisotopic (exact) mass is 448 g/mol. The third kappa shape index (κ3) is 200. The fraction of sp³-hybridized carbons (Fsp3) is 0.571. The van der Waals surface area contributed by atoms with Crippen molar-refractivity contribution in [3.63, 3.8) is 0 Å². The third-order valence-electron chi connectivity index (χ3n) is 0.586. The van der Waals surface area contributed by atoms with Crippen LogP contribution in [0.1, 0.15) is 27.2 Å². The second-order valence-corrected chi connectivity index (χ2v) is 5.21. The Kier molecular flexibility index (Phi) is 88.3. The fourth-order valence-corrected chi connectivity index (χ4v) is 0.340. The molecule has 7 heteroatoms. The average Bonchev–Trinajstić information content (AvgIpc) is 2.77. The van der Waals surface area contributed by atoms with Crippen molar-refractivity contribution in [1.29, 1.82) is 0 Å². The van der Waals surface area contributed by atoms with Crippen molar-refractivity contribution in [3.8, 4) is 0 Å². The molecule has 0 aromatic rings. The van der Waals surface area contributed by atoms with Crippen LogP contribution >= 0.6 is 24.8 Å². The third-order valence-corrected chi connectivity index (χ3v) is 0.586. The first-order valence-corrected chi connectivity index (χ1v) is 14.0. The standard InChI is InChI=1S/C5H5.C4H10N.C2H5O.C2H7Si.CH3.2ClH.H2Si.Zr/c1-2-4-5-3-1;1-4(2,3)5;1-2-3;1-3-2;;;;;/h1-3H,4H2;5H,1-3H3;3H,1-2H2;3H,1-2H3;1H3;2*1H;1H2;/q3*-1;;-1;;;;. The summed E-state index contributed by atoms with van der Waals surface area (Å²) in [5, 5.41) is 7.46. The molecule has 1 rings (SSSR count). The van der Waals surface area contributed by atoms with Crippen LogP contribution in [0.25, 0.3) is 5.73 Å². The van der Waals surface area contributed by atoms with Crippen LogP contribution in [0.4, 0.5) is 0 Å². The van der Waals surface area contributed by atoms with Crippen LogP contribution in [-0.2, 0) is 23.3 Å². The molecule has 21 heavy (non-hydrogen) atoms. The molecule has 0 atom stereocenters. The Morgan fingerprint density at radius 1 is 1.33 bits per heavy atom. The second kappa shape index (κ2) is 42.9. The van der Waals surface area contributed by atoms with E-state index < -0.39 is 0 Å². The van der Waals surface area contributed by atoms with Crippen molar-refractivity contribution in [1.82, 2.24) is 0 Å². The van der Waals surface area contributed by atoms with E-state index in [2.05, 4.69) is 32.2 Å². The zero-order valence-corrected chi connectivity index (χ0v) is 21.1. The van der Waals surface area contributed by atoms with Crippen molar-refractivity contribution in [2.75, 3.05) is 6.61 Å². The number of nitrogens with one attached hydrogen (secondary N) is 1. The molecule has 0 saturated heterocycles. The zero-order valence-electron chi connectivity index (χ0n) is 14.4. The van der Waals surface area contributed by atoms with E-state index in [0.29, 0.717) is 0 Å². The van der Waals surface area contributed by atoms with E-state index in [9.17, 15) is 0 Å². The molecule has 0 saturated carbocycles. The van der Waals surface area contributed by atoms with Gasteiger partial charge in [0.05, 0.1) is 0 Å². The van der Waals surface area contributed by atoms with E-state index in [0.717, 1.165) is 15.9 Å². The maximum absolute atomic E-state index is 7.46. The molecule has 1 aliphatic carbocycles. The van der Waals surface area contributed by atoms with Gasteiger partial charge >= 0.3 is 30.2 Å². The van der Waals surface area contributed by atoms with Gasteiger partial charge in [-0.15, -0.1) is 36.8 Å². The summed E-state index contributed by atoms with van der Waals surface area (Å²) in [6, 6.07) is 0. The minimum atomic E-state index is -0.250. The molecule has 0 amide bonds. The number of hydrogen-bond donors (Lipinski definition) is 1. The molecule has 131 valence electrons. The van der Waals surface area contributed by atoms with E-state index in [1.807, 2.05) is 39.8 Å². The summed E-state index contributed by atoms with van der Waals surface area (Å²) in [4.78, 5) is 0. The number of rotatable bonds is 0. The number of hydrogen-bond acceptors (Lipinski definition) is 1. The van der Waals surface area contributed by atoms with E-state index in [1.54, 1.807) is 23.3 Å². The predicted octanol–water partition coefficient (Wildman–Crippen LogP) is 3.85. The molecule has 0 fully saturated rings. The summed E-state index contributed by atoms with van der Waals surface area (Å²) in [6.45, 7) is 15.0. The SMILES string of the molecule is CC(C)(C)[NH-].C[SiH]C.Cl.Cl.[C-]1=CC=CC1.[CH2-]CO.[CH3-].[SiH2]=[Zr]. The molecule has 2 nitrogen and oxygen atoms in total. The molecular formula is C14H34Cl2NOSi2Zr-4. The molecule has 0 spiro atoms. The van der Waals surface area contributed by atoms with Gasteiger partial charge in [0.25, 0.3) is 0 Å². The fourth-order valence-electron chi connectivity index (χ4n) is 0.340. The van der Waals surface area contributed by atoms with Crippen LogP contribution in [-0.4, -0.2) is 33.7 Å². The molecule has 0 aliphatic heterocycles. The van der Waals surface area contributed by atoms with Gasteiger partial charge < -0.3 is 25.2 Å². The summed E-state index contributed by atoms with van der Waals surface area (Å²) in [5.74, 6) is 0. The quantitative estimate of drug-likeness (QED) is 0.442. The Balaban J connectivity index is -0.0000000234. The van der Waals surface area contributed by atoms with Crippen LogP contribution in [0.15, 0.2) is 18.2 Å². The first-order chi connectivity index (χ1) is 8.33. The second-order valence-electron chi connectivity index (χ2n) is 4.05. The number of allylic oxidation sites excluding steroid dienone is 4. The number of aliphatic hydroxyl groups excluding tert-OH is 1. The van der Waals surface area contributed by atoms with E-state index >= 15 is 0 Å². The summed E-state index contributed by atoms with van der Waals surface area (Å²) < 4.78 is 0. The molecular weight excluding hydrogens is 416 g/mol. The Hall–Kier alpha value is 1.30. The van der Waals surface area contributed by atoms with E-state index in [-0.39, 0.29) is 44.4 Å². The summed E-state index contributed by atoms with van der Waals surface area (Å²) in [6.07, 6.45) is 10.0. The Labute approximate surface area is 165 Å². The van der Waals surface area contributed by atoms with Crippen molar-refractivity contribution in [2.45, 2.75) is 45.8 Å². The van der Waals surface area contributed by atoms with Crippen LogP contribution in [0, 0.1) is 20.4 Å². The van der Waals surface area contributed by atoms with Gasteiger partial charge in [-0.05, 0) is 0 Å². The topological polar surface area (TPSA) is 44.0 Å². The molecule has 2 N–H and O–H groups in total. The van der Waals surface area contributed by atoms with Crippen molar-refractivity contribution < 1.29 is 28.4 Å². The Morgan fingerprint density at radius 2 is 1.57 bits per heavy atom. The number of halogens is 2. The van der Waals surface area contributed by atoms with Gasteiger partial charge in [-0.3, -0.25) is 6.08 Å². The first kappa shape index (κ1) is 43.2. The molecule has 0 aromatic carbocycles. The Morgan fingerprint density at radius 3 is 1.62 bits per heavy atom. The molecule has 0 unspecified atom stereocenters.